The van der Waals surface area contributed by atoms with E-state index in [0.717, 1.165) is 17.0 Å². The number of amides is 1. The van der Waals surface area contributed by atoms with E-state index in [1.54, 1.807) is 0 Å². The number of hydrogen-bond acceptors (Lipinski definition) is 6. The molecular weight excluding hydrogens is 356 g/mol. The Balaban J connectivity index is 1.42. The molecule has 1 aliphatic heterocycles. The third-order valence-corrected chi connectivity index (χ3v) is 5.66. The van der Waals surface area contributed by atoms with Gasteiger partial charge in [0.1, 0.15) is 5.01 Å². The maximum absolute atomic E-state index is 12.3. The van der Waals surface area contributed by atoms with E-state index in [-0.39, 0.29) is 25.5 Å². The van der Waals surface area contributed by atoms with Crippen LogP contribution >= 0.6 is 11.3 Å². The van der Waals surface area contributed by atoms with Gasteiger partial charge in [-0.05, 0) is 37.5 Å². The molecule has 2 aliphatic rings. The van der Waals surface area contributed by atoms with Gasteiger partial charge in [-0.15, -0.1) is 11.3 Å². The van der Waals surface area contributed by atoms with Crippen molar-refractivity contribution in [2.45, 2.75) is 37.6 Å². The molecule has 8 heteroatoms. The third-order valence-electron chi connectivity index (χ3n) is 4.72. The van der Waals surface area contributed by atoms with Gasteiger partial charge in [0.2, 0.25) is 12.7 Å². The topological polar surface area (TPSA) is 97.8 Å². The average molecular weight is 374 g/mol. The van der Waals surface area contributed by atoms with Crippen molar-refractivity contribution in [3.63, 3.8) is 0 Å². The van der Waals surface area contributed by atoms with Crippen molar-refractivity contribution in [1.29, 1.82) is 0 Å². The van der Waals surface area contributed by atoms with Crippen molar-refractivity contribution in [2.24, 2.45) is 0 Å². The van der Waals surface area contributed by atoms with E-state index >= 15 is 0 Å². The predicted molar refractivity (Wildman–Crippen MR) is 94.4 cm³/mol. The molecule has 4 rings (SSSR count). The van der Waals surface area contributed by atoms with Crippen LogP contribution in [0.25, 0.3) is 10.6 Å². The SMILES string of the molecule is O=C(O)CC1(NC(=O)Cc2csc(-c3ccc4c(c3)OCO4)n2)CCC1. The highest BCUT2D eigenvalue weighted by atomic mass is 32.1. The first-order chi connectivity index (χ1) is 12.5. The zero-order valence-corrected chi connectivity index (χ0v) is 14.8. The van der Waals surface area contributed by atoms with Crippen molar-refractivity contribution in [3.8, 4) is 22.1 Å². The summed E-state index contributed by atoms with van der Waals surface area (Å²) >= 11 is 1.46. The number of carboxylic acids is 1. The minimum Gasteiger partial charge on any atom is -0.481 e. The Hall–Kier alpha value is -2.61. The normalized spacial score (nSPS) is 16.8. The number of aliphatic carboxylic acids is 1. The summed E-state index contributed by atoms with van der Waals surface area (Å²) in [6.07, 6.45) is 2.48. The lowest BCUT2D eigenvalue weighted by Crippen LogP contribution is -2.55. The van der Waals surface area contributed by atoms with Gasteiger partial charge in [0.05, 0.1) is 24.1 Å². The summed E-state index contributed by atoms with van der Waals surface area (Å²) in [7, 11) is 0. The second-order valence-electron chi connectivity index (χ2n) is 6.64. The first-order valence-electron chi connectivity index (χ1n) is 8.40. The molecule has 0 atom stereocenters. The van der Waals surface area contributed by atoms with Crippen LogP contribution in [0.1, 0.15) is 31.4 Å². The monoisotopic (exact) mass is 374 g/mol. The Labute approximate surface area is 154 Å². The van der Waals surface area contributed by atoms with Crippen molar-refractivity contribution in [2.75, 3.05) is 6.79 Å². The van der Waals surface area contributed by atoms with Crippen LogP contribution < -0.4 is 14.8 Å². The number of benzene rings is 1. The number of thiazole rings is 1. The maximum Gasteiger partial charge on any atom is 0.305 e. The quantitative estimate of drug-likeness (QED) is 0.807. The Kier molecular flexibility index (Phi) is 4.28. The number of aromatic nitrogens is 1. The highest BCUT2D eigenvalue weighted by Crippen LogP contribution is 2.37. The predicted octanol–water partition coefficient (Wildman–Crippen LogP) is 2.59. The Bertz CT molecular complexity index is 859. The second-order valence-corrected chi connectivity index (χ2v) is 7.50. The molecule has 1 fully saturated rings. The van der Waals surface area contributed by atoms with E-state index in [4.69, 9.17) is 14.6 Å². The molecule has 0 bridgehead atoms. The fourth-order valence-corrected chi connectivity index (χ4v) is 4.11. The van der Waals surface area contributed by atoms with E-state index in [0.29, 0.717) is 30.0 Å². The number of nitrogens with one attached hydrogen (secondary N) is 1. The molecule has 0 unspecified atom stereocenters. The Morgan fingerprint density at radius 1 is 1.27 bits per heavy atom. The van der Waals surface area contributed by atoms with Crippen LogP contribution in [0.4, 0.5) is 0 Å². The molecular formula is C18H18N2O5S. The fraction of sp³-hybridized carbons (Fsp3) is 0.389. The Morgan fingerprint density at radius 3 is 2.81 bits per heavy atom. The summed E-state index contributed by atoms with van der Waals surface area (Å²) in [5, 5.41) is 14.6. The average Bonchev–Trinajstić information content (AvgIpc) is 3.20. The number of carboxylic acid groups (broad SMARTS) is 1. The van der Waals surface area contributed by atoms with Gasteiger partial charge in [-0.1, -0.05) is 0 Å². The summed E-state index contributed by atoms with van der Waals surface area (Å²) in [4.78, 5) is 27.9. The van der Waals surface area contributed by atoms with Crippen LogP contribution in [-0.2, 0) is 16.0 Å². The number of carbonyl (C=O) groups is 2. The number of carbonyl (C=O) groups excluding carboxylic acids is 1. The van der Waals surface area contributed by atoms with Gasteiger partial charge >= 0.3 is 5.97 Å². The first kappa shape index (κ1) is 16.8. The molecule has 0 radical (unpaired) electrons. The van der Waals surface area contributed by atoms with Crippen LogP contribution in [0, 0.1) is 0 Å². The highest BCUT2D eigenvalue weighted by molar-refractivity contribution is 7.13. The molecule has 7 nitrogen and oxygen atoms in total. The molecule has 0 saturated heterocycles. The first-order valence-corrected chi connectivity index (χ1v) is 9.28. The fourth-order valence-electron chi connectivity index (χ4n) is 3.29. The molecule has 1 aromatic carbocycles. The number of ether oxygens (including phenoxy) is 2. The largest absolute Gasteiger partial charge is 0.481 e. The van der Waals surface area contributed by atoms with Gasteiger partial charge in [0.15, 0.2) is 11.5 Å². The lowest BCUT2D eigenvalue weighted by atomic mass is 9.74. The van der Waals surface area contributed by atoms with Crippen molar-refractivity contribution in [1.82, 2.24) is 10.3 Å². The zero-order valence-electron chi connectivity index (χ0n) is 14.0. The highest BCUT2D eigenvalue weighted by Gasteiger charge is 2.40. The molecule has 1 saturated carbocycles. The Morgan fingerprint density at radius 2 is 2.08 bits per heavy atom. The van der Waals surface area contributed by atoms with Gasteiger partial charge in [-0.2, -0.15) is 0 Å². The zero-order chi connectivity index (χ0) is 18.1. The van der Waals surface area contributed by atoms with Crippen LogP contribution in [0.15, 0.2) is 23.6 Å². The molecule has 136 valence electrons. The molecule has 1 amide bonds. The summed E-state index contributed by atoms with van der Waals surface area (Å²) in [5.74, 6) is 0.337. The number of fused-ring (bicyclic) bond motifs is 1. The summed E-state index contributed by atoms with van der Waals surface area (Å²) in [5.41, 5.74) is 0.997. The maximum atomic E-state index is 12.3. The van der Waals surface area contributed by atoms with E-state index in [2.05, 4.69) is 10.3 Å². The molecule has 26 heavy (non-hydrogen) atoms. The minimum atomic E-state index is -0.885. The van der Waals surface area contributed by atoms with Gasteiger partial charge in [-0.25, -0.2) is 4.98 Å². The standard InChI is InChI=1S/C18H18N2O5S/c21-15(20-18(4-1-5-18)8-16(22)23)7-12-9-26-17(19-12)11-2-3-13-14(6-11)25-10-24-13/h2-3,6,9H,1,4-5,7-8,10H2,(H,20,21)(H,22,23). The summed E-state index contributed by atoms with van der Waals surface area (Å²) in [6.45, 7) is 0.222. The molecule has 0 spiro atoms. The van der Waals surface area contributed by atoms with E-state index in [1.807, 2.05) is 23.6 Å². The van der Waals surface area contributed by atoms with E-state index in [9.17, 15) is 9.59 Å². The minimum absolute atomic E-state index is 0.0295. The van der Waals surface area contributed by atoms with Crippen LogP contribution in [0.3, 0.4) is 0 Å². The van der Waals surface area contributed by atoms with Crippen LogP contribution in [-0.4, -0.2) is 34.3 Å². The number of rotatable bonds is 6. The van der Waals surface area contributed by atoms with Crippen LogP contribution in [0.2, 0.25) is 0 Å². The molecule has 2 heterocycles. The molecule has 1 aliphatic carbocycles. The number of nitrogens with zero attached hydrogens (tertiary/aromatic N) is 1. The van der Waals surface area contributed by atoms with Crippen molar-refractivity contribution < 1.29 is 24.2 Å². The third kappa shape index (κ3) is 3.37. The molecule has 2 N–H and O–H groups in total. The summed E-state index contributed by atoms with van der Waals surface area (Å²) in [6, 6.07) is 5.63. The van der Waals surface area contributed by atoms with Gasteiger partial charge in [0.25, 0.3) is 0 Å². The van der Waals surface area contributed by atoms with Crippen LogP contribution in [0.5, 0.6) is 11.5 Å². The van der Waals surface area contributed by atoms with Gasteiger partial charge < -0.3 is 19.9 Å². The lowest BCUT2D eigenvalue weighted by Gasteiger charge is -2.41. The van der Waals surface area contributed by atoms with E-state index < -0.39 is 11.5 Å². The van der Waals surface area contributed by atoms with E-state index in [1.165, 1.54) is 11.3 Å². The molecule has 2 aromatic rings. The van der Waals surface area contributed by atoms with Crippen molar-refractivity contribution in [3.05, 3.63) is 29.3 Å². The smallest absolute Gasteiger partial charge is 0.305 e. The summed E-state index contributed by atoms with van der Waals surface area (Å²) < 4.78 is 10.7. The van der Waals surface area contributed by atoms with Gasteiger partial charge in [-0.3, -0.25) is 9.59 Å². The second kappa shape index (κ2) is 6.60. The molecule has 1 aromatic heterocycles. The van der Waals surface area contributed by atoms with Crippen molar-refractivity contribution >= 4 is 23.2 Å². The van der Waals surface area contributed by atoms with Gasteiger partial charge in [0, 0.05) is 10.9 Å². The number of hydrogen-bond donors (Lipinski definition) is 2. The lowest BCUT2D eigenvalue weighted by molar-refractivity contribution is -0.140.